The van der Waals surface area contributed by atoms with Gasteiger partial charge in [0, 0.05) is 5.39 Å². The van der Waals surface area contributed by atoms with Crippen LogP contribution < -0.4 is 4.74 Å². The van der Waals surface area contributed by atoms with E-state index in [1.54, 1.807) is 12.1 Å². The molecule has 1 heterocycles. The standard InChI is InChI=1S/C10H9NO3/c1-14-10-6-3-2-4-7(12)9(6)11-5-8(10)13/h2-5,12-13H,1H3. The maximum absolute atomic E-state index is 9.48. The van der Waals surface area contributed by atoms with Gasteiger partial charge in [-0.1, -0.05) is 6.07 Å². The van der Waals surface area contributed by atoms with Crippen molar-refractivity contribution in [3.05, 3.63) is 24.4 Å². The van der Waals surface area contributed by atoms with E-state index in [1.807, 2.05) is 0 Å². The highest BCUT2D eigenvalue weighted by Gasteiger charge is 2.10. The molecule has 0 aliphatic heterocycles. The van der Waals surface area contributed by atoms with Crippen molar-refractivity contribution in [1.82, 2.24) is 4.98 Å². The van der Waals surface area contributed by atoms with E-state index in [4.69, 9.17) is 4.74 Å². The lowest BCUT2D eigenvalue weighted by atomic mass is 10.2. The van der Waals surface area contributed by atoms with Gasteiger partial charge in [-0.05, 0) is 12.1 Å². The lowest BCUT2D eigenvalue weighted by molar-refractivity contribution is 0.376. The topological polar surface area (TPSA) is 62.6 Å². The van der Waals surface area contributed by atoms with Gasteiger partial charge >= 0.3 is 0 Å². The molecule has 1 aromatic carbocycles. The molecule has 0 unspecified atom stereocenters. The molecule has 0 bridgehead atoms. The van der Waals surface area contributed by atoms with Crippen molar-refractivity contribution < 1.29 is 14.9 Å². The van der Waals surface area contributed by atoms with Crippen LogP contribution in [0, 0.1) is 0 Å². The zero-order chi connectivity index (χ0) is 10.1. The number of aromatic nitrogens is 1. The Kier molecular flexibility index (Phi) is 1.89. The lowest BCUT2D eigenvalue weighted by Crippen LogP contribution is -1.88. The number of nitrogens with zero attached hydrogens (tertiary/aromatic N) is 1. The number of ether oxygens (including phenoxy) is 1. The van der Waals surface area contributed by atoms with Crippen molar-refractivity contribution in [2.75, 3.05) is 7.11 Å². The summed E-state index contributed by atoms with van der Waals surface area (Å²) in [5.41, 5.74) is 0.419. The third-order valence-corrected chi connectivity index (χ3v) is 2.01. The van der Waals surface area contributed by atoms with Crippen LogP contribution in [0.2, 0.25) is 0 Å². The monoisotopic (exact) mass is 191 g/mol. The van der Waals surface area contributed by atoms with Gasteiger partial charge in [0.1, 0.15) is 11.3 Å². The van der Waals surface area contributed by atoms with Gasteiger partial charge in [0.15, 0.2) is 11.5 Å². The molecule has 0 fully saturated rings. The number of para-hydroxylation sites is 1. The van der Waals surface area contributed by atoms with Crippen LogP contribution in [0.25, 0.3) is 10.9 Å². The summed E-state index contributed by atoms with van der Waals surface area (Å²) in [6, 6.07) is 4.92. The molecule has 4 heteroatoms. The van der Waals surface area contributed by atoms with Gasteiger partial charge in [0.2, 0.25) is 0 Å². The fraction of sp³-hybridized carbons (Fsp3) is 0.100. The van der Waals surface area contributed by atoms with E-state index in [-0.39, 0.29) is 11.5 Å². The summed E-state index contributed by atoms with van der Waals surface area (Å²) < 4.78 is 5.01. The van der Waals surface area contributed by atoms with Crippen LogP contribution in [0.3, 0.4) is 0 Å². The Morgan fingerprint density at radius 1 is 1.21 bits per heavy atom. The van der Waals surface area contributed by atoms with E-state index in [9.17, 15) is 10.2 Å². The molecule has 0 aliphatic carbocycles. The van der Waals surface area contributed by atoms with E-state index in [1.165, 1.54) is 19.4 Å². The highest BCUT2D eigenvalue weighted by Crippen LogP contribution is 2.35. The van der Waals surface area contributed by atoms with Crippen molar-refractivity contribution in [2.45, 2.75) is 0 Å². The van der Waals surface area contributed by atoms with Crippen LogP contribution in [-0.4, -0.2) is 22.3 Å². The van der Waals surface area contributed by atoms with E-state index in [2.05, 4.69) is 4.98 Å². The Balaban J connectivity index is 2.88. The van der Waals surface area contributed by atoms with Crippen LogP contribution >= 0.6 is 0 Å². The number of fused-ring (bicyclic) bond motifs is 1. The molecule has 2 aromatic rings. The predicted molar refractivity (Wildman–Crippen MR) is 51.6 cm³/mol. The number of aromatic hydroxyl groups is 2. The van der Waals surface area contributed by atoms with Crippen LogP contribution in [0.1, 0.15) is 0 Å². The largest absolute Gasteiger partial charge is 0.506 e. The minimum atomic E-state index is -0.0365. The number of rotatable bonds is 1. The highest BCUT2D eigenvalue weighted by molar-refractivity contribution is 5.91. The molecule has 2 rings (SSSR count). The third-order valence-electron chi connectivity index (χ3n) is 2.01. The zero-order valence-electron chi connectivity index (χ0n) is 7.56. The van der Waals surface area contributed by atoms with Gasteiger partial charge in [0.25, 0.3) is 0 Å². The van der Waals surface area contributed by atoms with Crippen molar-refractivity contribution in [1.29, 1.82) is 0 Å². The zero-order valence-corrected chi connectivity index (χ0v) is 7.56. The van der Waals surface area contributed by atoms with E-state index in [0.717, 1.165) is 0 Å². The first-order valence-electron chi connectivity index (χ1n) is 4.07. The molecule has 1 aromatic heterocycles. The fourth-order valence-corrected chi connectivity index (χ4v) is 1.39. The summed E-state index contributed by atoms with van der Waals surface area (Å²) in [7, 11) is 1.46. The number of hydrogen-bond donors (Lipinski definition) is 2. The SMILES string of the molecule is COc1c(O)cnc2c(O)cccc12. The Morgan fingerprint density at radius 2 is 2.00 bits per heavy atom. The van der Waals surface area contributed by atoms with Crippen molar-refractivity contribution in [2.24, 2.45) is 0 Å². The molecule has 72 valence electrons. The summed E-state index contributed by atoms with van der Waals surface area (Å²) >= 11 is 0. The van der Waals surface area contributed by atoms with Crippen molar-refractivity contribution >= 4 is 10.9 Å². The molecule has 0 saturated carbocycles. The van der Waals surface area contributed by atoms with Crippen LogP contribution in [-0.2, 0) is 0 Å². The average Bonchev–Trinajstić information content (AvgIpc) is 2.18. The molecule has 0 amide bonds. The number of benzene rings is 1. The first kappa shape index (κ1) is 8.62. The molecule has 4 nitrogen and oxygen atoms in total. The van der Waals surface area contributed by atoms with E-state index < -0.39 is 0 Å². The summed E-state index contributed by atoms with van der Waals surface area (Å²) in [5.74, 6) is 0.359. The highest BCUT2D eigenvalue weighted by atomic mass is 16.5. The third kappa shape index (κ3) is 1.12. The van der Waals surface area contributed by atoms with Gasteiger partial charge in [0.05, 0.1) is 13.3 Å². The Bertz CT molecular complexity index is 482. The Labute approximate surface area is 80.4 Å². The Hall–Kier alpha value is -1.97. The molecule has 14 heavy (non-hydrogen) atoms. The van der Waals surface area contributed by atoms with Crippen LogP contribution in [0.4, 0.5) is 0 Å². The summed E-state index contributed by atoms with van der Waals surface area (Å²) in [5, 5.41) is 19.5. The first-order valence-corrected chi connectivity index (χ1v) is 4.07. The quantitative estimate of drug-likeness (QED) is 0.719. The Morgan fingerprint density at radius 3 is 2.71 bits per heavy atom. The molecule has 0 radical (unpaired) electrons. The normalized spacial score (nSPS) is 10.4. The summed E-state index contributed by atoms with van der Waals surface area (Å²) in [6.45, 7) is 0. The summed E-state index contributed by atoms with van der Waals surface area (Å²) in [4.78, 5) is 3.91. The summed E-state index contributed by atoms with van der Waals surface area (Å²) in [6.07, 6.45) is 1.25. The van der Waals surface area contributed by atoms with Gasteiger partial charge in [-0.2, -0.15) is 0 Å². The second kappa shape index (κ2) is 3.06. The van der Waals surface area contributed by atoms with Gasteiger partial charge in [-0.3, -0.25) is 0 Å². The second-order valence-electron chi connectivity index (χ2n) is 2.85. The molecule has 0 atom stereocenters. The predicted octanol–water partition coefficient (Wildman–Crippen LogP) is 1.65. The molecular weight excluding hydrogens is 182 g/mol. The van der Waals surface area contributed by atoms with Gasteiger partial charge in [-0.15, -0.1) is 0 Å². The fourth-order valence-electron chi connectivity index (χ4n) is 1.39. The van der Waals surface area contributed by atoms with E-state index >= 15 is 0 Å². The minimum absolute atomic E-state index is 0.0365. The van der Waals surface area contributed by atoms with Crippen molar-refractivity contribution in [3.63, 3.8) is 0 Å². The van der Waals surface area contributed by atoms with Gasteiger partial charge < -0.3 is 14.9 Å². The molecular formula is C10H9NO3. The number of phenols is 1. The number of pyridine rings is 1. The minimum Gasteiger partial charge on any atom is -0.506 e. The number of hydrogen-bond acceptors (Lipinski definition) is 4. The van der Waals surface area contributed by atoms with Crippen LogP contribution in [0.5, 0.6) is 17.2 Å². The molecule has 0 aliphatic rings. The molecule has 2 N–H and O–H groups in total. The average molecular weight is 191 g/mol. The van der Waals surface area contributed by atoms with Crippen LogP contribution in [0.15, 0.2) is 24.4 Å². The molecule has 0 spiro atoms. The van der Waals surface area contributed by atoms with E-state index in [0.29, 0.717) is 16.7 Å². The molecule has 0 saturated heterocycles. The second-order valence-corrected chi connectivity index (χ2v) is 2.85. The van der Waals surface area contributed by atoms with Crippen molar-refractivity contribution in [3.8, 4) is 17.2 Å². The number of phenolic OH excluding ortho intramolecular Hbond substituents is 1. The number of methoxy groups -OCH3 is 1. The smallest absolute Gasteiger partial charge is 0.177 e. The van der Waals surface area contributed by atoms with Gasteiger partial charge in [-0.25, -0.2) is 4.98 Å². The maximum Gasteiger partial charge on any atom is 0.177 e. The lowest BCUT2D eigenvalue weighted by Gasteiger charge is -2.07. The first-order chi connectivity index (χ1) is 6.74. The maximum atomic E-state index is 9.48.